The zero-order chi connectivity index (χ0) is 26.3. The van der Waals surface area contributed by atoms with Gasteiger partial charge >= 0.3 is 5.97 Å². The van der Waals surface area contributed by atoms with Crippen LogP contribution in [0.15, 0.2) is 42.6 Å². The molecule has 3 aromatic rings. The molecule has 1 saturated carbocycles. The van der Waals surface area contributed by atoms with Gasteiger partial charge in [0.15, 0.2) is 0 Å². The summed E-state index contributed by atoms with van der Waals surface area (Å²) in [7, 11) is 0. The summed E-state index contributed by atoms with van der Waals surface area (Å²) in [5.74, 6) is 1.12. The van der Waals surface area contributed by atoms with Crippen LogP contribution in [0.5, 0.6) is 11.6 Å². The largest absolute Gasteiger partial charge is 0.491 e. The maximum Gasteiger partial charge on any atom is 0.309 e. The number of aliphatic hydroxyl groups excluding tert-OH is 1. The average Bonchev–Trinajstić information content (AvgIpc) is 3.44. The lowest BCUT2D eigenvalue weighted by atomic mass is 9.94. The van der Waals surface area contributed by atoms with E-state index in [1.807, 2.05) is 45.0 Å². The number of aliphatic hydroxyl groups is 1. The van der Waals surface area contributed by atoms with Gasteiger partial charge in [-0.2, -0.15) is 0 Å². The Morgan fingerprint density at radius 2 is 1.92 bits per heavy atom. The summed E-state index contributed by atoms with van der Waals surface area (Å²) in [5.41, 5.74) is 6.58. The predicted molar refractivity (Wildman–Crippen MR) is 137 cm³/mol. The Hall–Kier alpha value is -3.45. The fourth-order valence-electron chi connectivity index (χ4n) is 5.58. The summed E-state index contributed by atoms with van der Waals surface area (Å²) in [6.07, 6.45) is 2.05. The summed E-state index contributed by atoms with van der Waals surface area (Å²) in [5, 5.41) is 9.49. The predicted octanol–water partition coefficient (Wildman–Crippen LogP) is 5.29. The minimum atomic E-state index is -0.549. The zero-order valence-corrected chi connectivity index (χ0v) is 21.6. The normalized spacial score (nSPS) is 20.1. The molecule has 0 amide bonds. The van der Waals surface area contributed by atoms with E-state index < -0.39 is 6.10 Å². The number of carbonyl (C=O) groups excluding carboxylic acids is 1. The molecule has 194 valence electrons. The lowest BCUT2D eigenvalue weighted by molar-refractivity contribution is -0.145. The molecule has 0 saturated heterocycles. The van der Waals surface area contributed by atoms with Crippen LogP contribution in [0.1, 0.15) is 47.6 Å². The van der Waals surface area contributed by atoms with Gasteiger partial charge in [-0.05, 0) is 97.7 Å². The van der Waals surface area contributed by atoms with Crippen molar-refractivity contribution >= 4 is 5.97 Å². The highest BCUT2D eigenvalue weighted by atomic mass is 19.1. The molecule has 2 aromatic carbocycles. The Labute approximate surface area is 216 Å². The summed E-state index contributed by atoms with van der Waals surface area (Å²) in [4.78, 5) is 16.5. The number of hydrogen-bond acceptors (Lipinski definition) is 6. The number of ether oxygens (including phenoxy) is 3. The van der Waals surface area contributed by atoms with Crippen molar-refractivity contribution in [3.63, 3.8) is 0 Å². The van der Waals surface area contributed by atoms with E-state index >= 15 is 0 Å². The van der Waals surface area contributed by atoms with Gasteiger partial charge in [-0.1, -0.05) is 6.07 Å². The van der Waals surface area contributed by atoms with Crippen molar-refractivity contribution < 1.29 is 28.5 Å². The zero-order valence-electron chi connectivity index (χ0n) is 21.6. The summed E-state index contributed by atoms with van der Waals surface area (Å²) < 4.78 is 31.4. The van der Waals surface area contributed by atoms with Gasteiger partial charge < -0.3 is 19.3 Å². The molecule has 5 rings (SSSR count). The van der Waals surface area contributed by atoms with Gasteiger partial charge in [-0.3, -0.25) is 4.79 Å². The molecule has 2 aliphatic carbocycles. The van der Waals surface area contributed by atoms with Crippen molar-refractivity contribution in [1.82, 2.24) is 4.98 Å². The highest BCUT2D eigenvalue weighted by molar-refractivity contribution is 5.79. The minimum absolute atomic E-state index is 0.0522. The molecule has 4 atom stereocenters. The fourth-order valence-corrected chi connectivity index (χ4v) is 5.58. The molecule has 6 nitrogen and oxygen atoms in total. The van der Waals surface area contributed by atoms with Crippen LogP contribution in [0.2, 0.25) is 0 Å². The highest BCUT2D eigenvalue weighted by Crippen LogP contribution is 2.61. The third kappa shape index (κ3) is 5.05. The molecule has 0 aliphatic heterocycles. The Kier molecular flexibility index (Phi) is 6.90. The smallest absolute Gasteiger partial charge is 0.309 e. The summed E-state index contributed by atoms with van der Waals surface area (Å²) >= 11 is 0. The van der Waals surface area contributed by atoms with Crippen molar-refractivity contribution in [2.24, 2.45) is 11.8 Å². The molecule has 7 heteroatoms. The van der Waals surface area contributed by atoms with Crippen LogP contribution >= 0.6 is 0 Å². The second-order valence-corrected chi connectivity index (χ2v) is 10.1. The Balaban J connectivity index is 1.29. The standard InChI is InChI=1S/C30H32FNO5/c1-5-35-30(34)29-23-11-20-12-26(32-13-24(20)28(23)29)37-15-21-10-19(6-7-25(21)31)27-16(2)8-22(9-17(27)3)36-14-18(4)33/h6-10,12-13,18,23,28-29,33H,5,11,14-15H2,1-4H3/t18-,23+,28+,29-/m0/s1. The third-order valence-electron chi connectivity index (χ3n) is 7.25. The van der Waals surface area contributed by atoms with Gasteiger partial charge in [-0.15, -0.1) is 0 Å². The number of halogens is 1. The molecule has 1 fully saturated rings. The van der Waals surface area contributed by atoms with Crippen LogP contribution in [0, 0.1) is 31.5 Å². The first kappa shape index (κ1) is 25.2. The first-order chi connectivity index (χ1) is 17.8. The Morgan fingerprint density at radius 1 is 1.16 bits per heavy atom. The van der Waals surface area contributed by atoms with Crippen LogP contribution in [0.3, 0.4) is 0 Å². The summed E-state index contributed by atoms with van der Waals surface area (Å²) in [6.45, 7) is 8.15. The Bertz CT molecular complexity index is 1310. The van der Waals surface area contributed by atoms with Gasteiger partial charge in [0.05, 0.1) is 18.6 Å². The van der Waals surface area contributed by atoms with Gasteiger partial charge in [0.25, 0.3) is 0 Å². The van der Waals surface area contributed by atoms with E-state index in [1.54, 1.807) is 19.2 Å². The topological polar surface area (TPSA) is 77.9 Å². The number of fused-ring (bicyclic) bond motifs is 3. The molecular weight excluding hydrogens is 473 g/mol. The molecule has 1 aromatic heterocycles. The van der Waals surface area contributed by atoms with Gasteiger partial charge in [0.1, 0.15) is 24.8 Å². The van der Waals surface area contributed by atoms with Gasteiger partial charge in [0, 0.05) is 23.7 Å². The molecule has 1 heterocycles. The highest BCUT2D eigenvalue weighted by Gasteiger charge is 2.60. The quantitative estimate of drug-likeness (QED) is 0.398. The van der Waals surface area contributed by atoms with E-state index in [4.69, 9.17) is 14.2 Å². The SMILES string of the molecule is CCOC(=O)[C@H]1[C@@H]2Cc3cc(OCc4cc(-c5c(C)cc(OC[C@H](C)O)cc5C)ccc4F)ncc3[C@@H]21. The van der Waals surface area contributed by atoms with Crippen LogP contribution in [-0.4, -0.2) is 35.4 Å². The lowest BCUT2D eigenvalue weighted by Gasteiger charge is -2.16. The van der Waals surface area contributed by atoms with Gasteiger partial charge in [0.2, 0.25) is 5.88 Å². The molecule has 0 radical (unpaired) electrons. The van der Waals surface area contributed by atoms with E-state index in [0.29, 0.717) is 23.8 Å². The molecule has 0 bridgehead atoms. The number of benzene rings is 2. The number of rotatable bonds is 9. The number of aromatic nitrogens is 1. The van der Waals surface area contributed by atoms with E-state index in [1.165, 1.54) is 6.07 Å². The van der Waals surface area contributed by atoms with E-state index in [9.17, 15) is 14.3 Å². The van der Waals surface area contributed by atoms with Crippen LogP contribution in [0.4, 0.5) is 4.39 Å². The monoisotopic (exact) mass is 505 g/mol. The molecular formula is C30H32FNO5. The van der Waals surface area contributed by atoms with Crippen molar-refractivity contribution in [2.45, 2.75) is 52.7 Å². The van der Waals surface area contributed by atoms with Crippen molar-refractivity contribution in [3.8, 4) is 22.8 Å². The van der Waals surface area contributed by atoms with Crippen LogP contribution in [0.25, 0.3) is 11.1 Å². The third-order valence-corrected chi connectivity index (χ3v) is 7.25. The van der Waals surface area contributed by atoms with E-state index in [2.05, 4.69) is 4.98 Å². The minimum Gasteiger partial charge on any atom is -0.491 e. The number of nitrogens with zero attached hydrogens (tertiary/aromatic N) is 1. The van der Waals surface area contributed by atoms with Crippen molar-refractivity contribution in [2.75, 3.05) is 13.2 Å². The first-order valence-corrected chi connectivity index (χ1v) is 12.8. The molecule has 0 unspecified atom stereocenters. The van der Waals surface area contributed by atoms with Crippen LogP contribution in [-0.2, 0) is 22.6 Å². The number of pyridine rings is 1. The second-order valence-electron chi connectivity index (χ2n) is 10.1. The Morgan fingerprint density at radius 3 is 2.62 bits per heavy atom. The number of esters is 1. The van der Waals surface area contributed by atoms with Crippen LogP contribution < -0.4 is 9.47 Å². The average molecular weight is 506 g/mol. The number of hydrogen-bond donors (Lipinski definition) is 1. The number of carbonyl (C=O) groups is 1. The maximum atomic E-state index is 14.7. The maximum absolute atomic E-state index is 14.7. The molecule has 0 spiro atoms. The lowest BCUT2D eigenvalue weighted by Crippen LogP contribution is -2.13. The van der Waals surface area contributed by atoms with E-state index in [-0.39, 0.29) is 42.8 Å². The number of aryl methyl sites for hydroxylation is 2. The first-order valence-electron chi connectivity index (χ1n) is 12.8. The van der Waals surface area contributed by atoms with Crippen molar-refractivity contribution in [3.05, 3.63) is 76.2 Å². The fraction of sp³-hybridized carbons (Fsp3) is 0.400. The molecule has 1 N–H and O–H groups in total. The van der Waals surface area contributed by atoms with Gasteiger partial charge in [-0.25, -0.2) is 9.37 Å². The molecule has 37 heavy (non-hydrogen) atoms. The second kappa shape index (κ2) is 10.1. The van der Waals surface area contributed by atoms with E-state index in [0.717, 1.165) is 39.8 Å². The molecule has 2 aliphatic rings. The van der Waals surface area contributed by atoms with Crippen molar-refractivity contribution in [1.29, 1.82) is 0 Å². The summed E-state index contributed by atoms with van der Waals surface area (Å²) in [6, 6.07) is 10.8.